The second-order valence-electron chi connectivity index (χ2n) is 7.45. The zero-order valence-electron chi connectivity index (χ0n) is 17.4. The van der Waals surface area contributed by atoms with Crippen molar-refractivity contribution >= 4 is 44.4 Å². The van der Waals surface area contributed by atoms with E-state index in [2.05, 4.69) is 20.5 Å². The molecule has 0 saturated heterocycles. The van der Waals surface area contributed by atoms with Crippen molar-refractivity contribution in [2.45, 2.75) is 13.8 Å². The Kier molecular flexibility index (Phi) is 4.91. The summed E-state index contributed by atoms with van der Waals surface area (Å²) in [5.41, 5.74) is 5.68. The first-order valence-electron chi connectivity index (χ1n) is 9.96. The first-order valence-corrected chi connectivity index (χ1v) is 10.8. The standard InChI is InChI=1S/C24H19N5O2S/c1-14-7-8-20(15(2)11-14)29-23(30)17-6-4-3-5-16(17)19(24(29)31)12-27-28-21-18-9-10-32-22(18)26-13-25-21/h3-13,31H,1-2H3,(H,25,26,28)/b27-12+. The number of hydrazone groups is 1. The first kappa shape index (κ1) is 19.9. The molecule has 0 radical (unpaired) electrons. The first-order chi connectivity index (χ1) is 15.5. The number of nitrogens with one attached hydrogen (secondary N) is 1. The fourth-order valence-electron chi connectivity index (χ4n) is 3.81. The third-order valence-corrected chi connectivity index (χ3v) is 6.14. The van der Waals surface area contributed by atoms with Gasteiger partial charge in [0.05, 0.1) is 22.9 Å². The van der Waals surface area contributed by atoms with Crippen molar-refractivity contribution in [3.8, 4) is 11.6 Å². The Bertz CT molecular complexity index is 1570. The predicted molar refractivity (Wildman–Crippen MR) is 129 cm³/mol. The maximum Gasteiger partial charge on any atom is 0.265 e. The lowest BCUT2D eigenvalue weighted by atomic mass is 10.1. The molecule has 5 aromatic rings. The SMILES string of the molecule is Cc1ccc(-n2c(O)c(/C=N/Nc3ncnc4sccc34)c3ccccc3c2=O)c(C)c1. The van der Waals surface area contributed by atoms with Gasteiger partial charge in [-0.15, -0.1) is 11.3 Å². The Morgan fingerprint density at radius 1 is 1.06 bits per heavy atom. The fraction of sp³-hybridized carbons (Fsp3) is 0.0833. The Hall–Kier alpha value is -4.04. The van der Waals surface area contributed by atoms with Crippen LogP contribution in [0.4, 0.5) is 5.82 Å². The van der Waals surface area contributed by atoms with Gasteiger partial charge in [-0.05, 0) is 43.0 Å². The summed E-state index contributed by atoms with van der Waals surface area (Å²) in [4.78, 5) is 22.6. The molecule has 8 heteroatoms. The van der Waals surface area contributed by atoms with E-state index in [1.54, 1.807) is 18.2 Å². The number of anilines is 1. The minimum absolute atomic E-state index is 0.172. The van der Waals surface area contributed by atoms with Crippen molar-refractivity contribution in [2.24, 2.45) is 5.10 Å². The van der Waals surface area contributed by atoms with Gasteiger partial charge < -0.3 is 5.11 Å². The van der Waals surface area contributed by atoms with E-state index < -0.39 is 0 Å². The lowest BCUT2D eigenvalue weighted by molar-refractivity contribution is 0.436. The molecular formula is C24H19N5O2S. The fourth-order valence-corrected chi connectivity index (χ4v) is 4.54. The number of benzene rings is 2. The molecule has 7 nitrogen and oxygen atoms in total. The molecule has 158 valence electrons. The lowest BCUT2D eigenvalue weighted by Crippen LogP contribution is -2.21. The minimum Gasteiger partial charge on any atom is -0.494 e. The molecular weight excluding hydrogens is 422 g/mol. The van der Waals surface area contributed by atoms with E-state index in [1.807, 2.05) is 49.6 Å². The normalized spacial score (nSPS) is 11.6. The van der Waals surface area contributed by atoms with Crippen molar-refractivity contribution in [3.05, 3.63) is 87.3 Å². The van der Waals surface area contributed by atoms with Crippen LogP contribution in [0.1, 0.15) is 16.7 Å². The molecule has 0 atom stereocenters. The number of fused-ring (bicyclic) bond motifs is 2. The van der Waals surface area contributed by atoms with Crippen LogP contribution < -0.4 is 11.0 Å². The molecule has 0 spiro atoms. The number of aryl methyl sites for hydroxylation is 2. The summed E-state index contributed by atoms with van der Waals surface area (Å²) < 4.78 is 1.33. The highest BCUT2D eigenvalue weighted by Crippen LogP contribution is 2.28. The van der Waals surface area contributed by atoms with Gasteiger partial charge in [-0.25, -0.2) is 14.5 Å². The molecule has 3 heterocycles. The van der Waals surface area contributed by atoms with Gasteiger partial charge in [0.2, 0.25) is 5.88 Å². The van der Waals surface area contributed by atoms with Gasteiger partial charge in [-0.3, -0.25) is 10.2 Å². The van der Waals surface area contributed by atoms with E-state index in [9.17, 15) is 9.90 Å². The van der Waals surface area contributed by atoms with E-state index in [0.29, 0.717) is 27.8 Å². The monoisotopic (exact) mass is 441 g/mol. The molecule has 0 aliphatic carbocycles. The third-order valence-electron chi connectivity index (χ3n) is 5.32. The summed E-state index contributed by atoms with van der Waals surface area (Å²) >= 11 is 1.52. The van der Waals surface area contributed by atoms with Gasteiger partial charge >= 0.3 is 0 Å². The van der Waals surface area contributed by atoms with Gasteiger partial charge in [0.1, 0.15) is 11.2 Å². The molecule has 0 aliphatic heterocycles. The maximum atomic E-state index is 13.3. The number of aromatic hydroxyl groups is 1. The van der Waals surface area contributed by atoms with Gasteiger partial charge in [-0.1, -0.05) is 35.9 Å². The summed E-state index contributed by atoms with van der Waals surface area (Å²) in [7, 11) is 0. The van der Waals surface area contributed by atoms with Crippen molar-refractivity contribution in [3.63, 3.8) is 0 Å². The number of pyridine rings is 1. The van der Waals surface area contributed by atoms with E-state index in [1.165, 1.54) is 28.4 Å². The average molecular weight is 442 g/mol. The zero-order chi connectivity index (χ0) is 22.2. The number of hydrogen-bond donors (Lipinski definition) is 2. The Labute approximate surface area is 187 Å². The van der Waals surface area contributed by atoms with Crippen LogP contribution in [0.15, 0.2) is 70.1 Å². The maximum absolute atomic E-state index is 13.3. The summed E-state index contributed by atoms with van der Waals surface area (Å²) in [6.45, 7) is 3.90. The highest BCUT2D eigenvalue weighted by atomic mass is 32.1. The van der Waals surface area contributed by atoms with Crippen molar-refractivity contribution < 1.29 is 5.11 Å². The zero-order valence-corrected chi connectivity index (χ0v) is 18.2. The number of nitrogens with zero attached hydrogens (tertiary/aromatic N) is 4. The summed E-state index contributed by atoms with van der Waals surface area (Å²) in [6, 6.07) is 14.8. The van der Waals surface area contributed by atoms with Crippen LogP contribution in [-0.2, 0) is 0 Å². The highest BCUT2D eigenvalue weighted by molar-refractivity contribution is 7.16. The van der Waals surface area contributed by atoms with Gasteiger partial charge in [-0.2, -0.15) is 5.10 Å². The predicted octanol–water partition coefficient (Wildman–Crippen LogP) is 4.76. The minimum atomic E-state index is -0.286. The van der Waals surface area contributed by atoms with Crippen LogP contribution in [0.2, 0.25) is 0 Å². The number of rotatable bonds is 4. The van der Waals surface area contributed by atoms with Crippen LogP contribution in [0.3, 0.4) is 0 Å². The second-order valence-corrected chi connectivity index (χ2v) is 8.34. The summed E-state index contributed by atoms with van der Waals surface area (Å²) in [5, 5.41) is 19.4. The molecule has 5 rings (SSSR count). The van der Waals surface area contributed by atoms with E-state index in [0.717, 1.165) is 21.3 Å². The molecule has 0 aliphatic rings. The molecule has 0 unspecified atom stereocenters. The van der Waals surface area contributed by atoms with E-state index in [4.69, 9.17) is 0 Å². The Morgan fingerprint density at radius 2 is 1.88 bits per heavy atom. The smallest absolute Gasteiger partial charge is 0.265 e. The molecule has 32 heavy (non-hydrogen) atoms. The Balaban J connectivity index is 1.66. The molecule has 0 bridgehead atoms. The Morgan fingerprint density at radius 3 is 2.69 bits per heavy atom. The number of aromatic nitrogens is 3. The van der Waals surface area contributed by atoms with Gasteiger partial charge in [0, 0.05) is 10.8 Å². The van der Waals surface area contributed by atoms with Crippen molar-refractivity contribution in [2.75, 3.05) is 5.43 Å². The van der Waals surface area contributed by atoms with Gasteiger partial charge in [0.25, 0.3) is 5.56 Å². The van der Waals surface area contributed by atoms with Crippen LogP contribution in [0, 0.1) is 13.8 Å². The number of thiophene rings is 1. The quantitative estimate of drug-likeness (QED) is 0.310. The second kappa shape index (κ2) is 7.90. The number of hydrogen-bond acceptors (Lipinski definition) is 7. The topological polar surface area (TPSA) is 92.4 Å². The van der Waals surface area contributed by atoms with Crippen LogP contribution in [0.25, 0.3) is 26.7 Å². The van der Waals surface area contributed by atoms with Gasteiger partial charge in [0.15, 0.2) is 5.82 Å². The van der Waals surface area contributed by atoms with Crippen LogP contribution >= 0.6 is 11.3 Å². The summed E-state index contributed by atoms with van der Waals surface area (Å²) in [5.74, 6) is 0.397. The molecule has 2 N–H and O–H groups in total. The van der Waals surface area contributed by atoms with Crippen molar-refractivity contribution in [1.29, 1.82) is 0 Å². The summed E-state index contributed by atoms with van der Waals surface area (Å²) in [6.07, 6.45) is 2.99. The molecule has 3 aromatic heterocycles. The van der Waals surface area contributed by atoms with E-state index >= 15 is 0 Å². The molecule has 0 saturated carbocycles. The molecule has 0 fully saturated rings. The van der Waals surface area contributed by atoms with Crippen molar-refractivity contribution in [1.82, 2.24) is 14.5 Å². The average Bonchev–Trinajstić information content (AvgIpc) is 3.27. The van der Waals surface area contributed by atoms with E-state index in [-0.39, 0.29) is 11.4 Å². The lowest BCUT2D eigenvalue weighted by Gasteiger charge is -2.16. The molecule has 2 aromatic carbocycles. The third kappa shape index (κ3) is 3.30. The highest BCUT2D eigenvalue weighted by Gasteiger charge is 2.17. The van der Waals surface area contributed by atoms with Crippen LogP contribution in [0.5, 0.6) is 5.88 Å². The largest absolute Gasteiger partial charge is 0.494 e. The van der Waals surface area contributed by atoms with Crippen LogP contribution in [-0.4, -0.2) is 25.9 Å². The molecule has 0 amide bonds.